The van der Waals surface area contributed by atoms with Gasteiger partial charge in [-0.05, 0) is 42.8 Å². The first kappa shape index (κ1) is 22.8. The van der Waals surface area contributed by atoms with Crippen LogP contribution in [0.1, 0.15) is 22.3 Å². The molecule has 0 fully saturated rings. The van der Waals surface area contributed by atoms with Gasteiger partial charge in [-0.3, -0.25) is 14.4 Å². The lowest BCUT2D eigenvalue weighted by atomic mass is 10.2. The van der Waals surface area contributed by atoms with E-state index in [0.29, 0.717) is 10.7 Å². The largest absolute Gasteiger partial charge is 0.454 e. The van der Waals surface area contributed by atoms with Crippen molar-refractivity contribution in [2.45, 2.75) is 13.3 Å². The lowest BCUT2D eigenvalue weighted by Gasteiger charge is -2.22. The third-order valence-corrected chi connectivity index (χ3v) is 4.49. The van der Waals surface area contributed by atoms with Crippen LogP contribution in [-0.4, -0.2) is 37.5 Å². The van der Waals surface area contributed by atoms with Gasteiger partial charge in [0.2, 0.25) is 0 Å². The number of carbonyl (C=O) groups is 3. The number of benzene rings is 2. The van der Waals surface area contributed by atoms with Crippen molar-refractivity contribution in [1.29, 1.82) is 5.26 Å². The monoisotopic (exact) mass is 431 g/mol. The Morgan fingerprint density at radius 1 is 1.23 bits per heavy atom. The molecule has 0 aromatic heterocycles. The van der Waals surface area contributed by atoms with Gasteiger partial charge in [0.15, 0.2) is 6.61 Å². The molecule has 0 heterocycles. The first-order chi connectivity index (χ1) is 14.3. The fraction of sp³-hybridized carbons (Fsp3) is 0.238. The van der Waals surface area contributed by atoms with Crippen molar-refractivity contribution in [2.75, 3.05) is 24.6 Å². The lowest BCUT2D eigenvalue weighted by Crippen LogP contribution is -2.37. The number of halogens is 2. The summed E-state index contributed by atoms with van der Waals surface area (Å²) in [7, 11) is 0. The first-order valence-electron chi connectivity index (χ1n) is 8.95. The van der Waals surface area contributed by atoms with Gasteiger partial charge < -0.3 is 15.0 Å². The molecule has 30 heavy (non-hydrogen) atoms. The van der Waals surface area contributed by atoms with Crippen LogP contribution in [0.25, 0.3) is 0 Å². The quantitative estimate of drug-likeness (QED) is 0.648. The normalized spacial score (nSPS) is 10.1. The van der Waals surface area contributed by atoms with E-state index in [1.54, 1.807) is 25.1 Å². The van der Waals surface area contributed by atoms with Gasteiger partial charge in [0.1, 0.15) is 12.4 Å². The second kappa shape index (κ2) is 10.9. The molecular weight excluding hydrogens is 413 g/mol. The molecule has 156 valence electrons. The van der Waals surface area contributed by atoms with E-state index in [4.69, 9.17) is 21.6 Å². The molecule has 0 unspecified atom stereocenters. The van der Waals surface area contributed by atoms with E-state index in [9.17, 15) is 18.8 Å². The summed E-state index contributed by atoms with van der Waals surface area (Å²) in [5.74, 6) is -2.89. The lowest BCUT2D eigenvalue weighted by molar-refractivity contribution is -0.146. The Hall–Kier alpha value is -3.44. The fourth-order valence-corrected chi connectivity index (χ4v) is 2.64. The van der Waals surface area contributed by atoms with Crippen LogP contribution in [0.3, 0.4) is 0 Å². The Labute approximate surface area is 178 Å². The van der Waals surface area contributed by atoms with E-state index in [1.807, 2.05) is 6.07 Å². The van der Waals surface area contributed by atoms with E-state index >= 15 is 0 Å². The standard InChI is InChI=1S/C21H19ClFN3O4/c1-14-11-15(7-8-17(14)22)26(10-4-9-24)19(27)13-30-20(28)12-25-21(29)16-5-2-3-6-18(16)23/h2-3,5-8,11H,4,10,12-13H2,1H3,(H,25,29). The van der Waals surface area contributed by atoms with Gasteiger partial charge in [-0.15, -0.1) is 0 Å². The van der Waals surface area contributed by atoms with Gasteiger partial charge in [-0.2, -0.15) is 5.26 Å². The van der Waals surface area contributed by atoms with Gasteiger partial charge in [0.05, 0.1) is 18.1 Å². The number of hydrogen-bond donors (Lipinski definition) is 1. The molecule has 7 nitrogen and oxygen atoms in total. The third kappa shape index (κ3) is 6.29. The van der Waals surface area contributed by atoms with Crippen molar-refractivity contribution in [3.8, 4) is 6.07 Å². The van der Waals surface area contributed by atoms with Gasteiger partial charge in [0, 0.05) is 17.3 Å². The highest BCUT2D eigenvalue weighted by atomic mass is 35.5. The van der Waals surface area contributed by atoms with Crippen molar-refractivity contribution >= 4 is 35.1 Å². The Morgan fingerprint density at radius 3 is 2.63 bits per heavy atom. The summed E-state index contributed by atoms with van der Waals surface area (Å²) in [5.41, 5.74) is 1.06. The molecule has 0 aliphatic carbocycles. The van der Waals surface area contributed by atoms with Crippen molar-refractivity contribution < 1.29 is 23.5 Å². The summed E-state index contributed by atoms with van der Waals surface area (Å²) in [6.07, 6.45) is 0.0834. The summed E-state index contributed by atoms with van der Waals surface area (Å²) in [4.78, 5) is 37.6. The number of ether oxygens (including phenoxy) is 1. The van der Waals surface area contributed by atoms with E-state index < -0.39 is 36.8 Å². The predicted molar refractivity (Wildman–Crippen MR) is 108 cm³/mol. The van der Waals surface area contributed by atoms with Crippen LogP contribution in [0.15, 0.2) is 42.5 Å². The predicted octanol–water partition coefficient (Wildman–Crippen LogP) is 3.01. The molecule has 1 N–H and O–H groups in total. The molecule has 2 rings (SSSR count). The maximum Gasteiger partial charge on any atom is 0.325 e. The van der Waals surface area contributed by atoms with Crippen molar-refractivity contribution in [1.82, 2.24) is 5.32 Å². The minimum atomic E-state index is -0.861. The summed E-state index contributed by atoms with van der Waals surface area (Å²) in [6, 6.07) is 12.2. The molecule has 0 spiro atoms. The molecule has 2 amide bonds. The van der Waals surface area contributed by atoms with Crippen LogP contribution in [0, 0.1) is 24.1 Å². The highest BCUT2D eigenvalue weighted by molar-refractivity contribution is 6.31. The number of amides is 2. The molecule has 0 radical (unpaired) electrons. The summed E-state index contributed by atoms with van der Waals surface area (Å²) in [6.45, 7) is 0.773. The number of esters is 1. The number of hydrogen-bond acceptors (Lipinski definition) is 5. The summed E-state index contributed by atoms with van der Waals surface area (Å²) in [5, 5.41) is 11.6. The number of nitrogens with zero attached hydrogens (tertiary/aromatic N) is 2. The van der Waals surface area contributed by atoms with E-state index in [-0.39, 0.29) is 18.5 Å². The molecular formula is C21H19ClFN3O4. The van der Waals surface area contributed by atoms with Crippen LogP contribution in [0.2, 0.25) is 5.02 Å². The molecule has 0 saturated carbocycles. The molecule has 0 aliphatic rings. The van der Waals surface area contributed by atoms with Crippen molar-refractivity contribution in [2.24, 2.45) is 0 Å². The van der Waals surface area contributed by atoms with Gasteiger partial charge >= 0.3 is 5.97 Å². The summed E-state index contributed by atoms with van der Waals surface area (Å²) >= 11 is 6.00. The van der Waals surface area contributed by atoms with Gasteiger partial charge in [-0.25, -0.2) is 4.39 Å². The molecule has 0 aliphatic heterocycles. The average Bonchev–Trinajstić information content (AvgIpc) is 2.73. The highest BCUT2D eigenvalue weighted by Gasteiger charge is 2.19. The van der Waals surface area contributed by atoms with Gasteiger partial charge in [-0.1, -0.05) is 23.7 Å². The Kier molecular flexibility index (Phi) is 8.32. The molecule has 9 heteroatoms. The van der Waals surface area contributed by atoms with Gasteiger partial charge in [0.25, 0.3) is 11.8 Å². The van der Waals surface area contributed by atoms with E-state index in [2.05, 4.69) is 5.32 Å². The number of nitrogens with one attached hydrogen (secondary N) is 1. The molecule has 0 bridgehead atoms. The van der Waals surface area contributed by atoms with Crippen LogP contribution in [0.4, 0.5) is 10.1 Å². The molecule has 0 atom stereocenters. The zero-order valence-corrected chi connectivity index (χ0v) is 16.9. The van der Waals surface area contributed by atoms with Crippen LogP contribution in [0.5, 0.6) is 0 Å². The molecule has 2 aromatic rings. The zero-order valence-electron chi connectivity index (χ0n) is 16.2. The Morgan fingerprint density at radius 2 is 1.97 bits per heavy atom. The maximum atomic E-state index is 13.6. The molecule has 2 aromatic carbocycles. The van der Waals surface area contributed by atoms with Crippen LogP contribution < -0.4 is 10.2 Å². The highest BCUT2D eigenvalue weighted by Crippen LogP contribution is 2.23. The van der Waals surface area contributed by atoms with Crippen LogP contribution >= 0.6 is 11.6 Å². The first-order valence-corrected chi connectivity index (χ1v) is 9.33. The van der Waals surface area contributed by atoms with Crippen molar-refractivity contribution in [3.63, 3.8) is 0 Å². The number of anilines is 1. The zero-order chi connectivity index (χ0) is 22.1. The van der Waals surface area contributed by atoms with Crippen LogP contribution in [-0.2, 0) is 14.3 Å². The average molecular weight is 432 g/mol. The maximum absolute atomic E-state index is 13.6. The SMILES string of the molecule is Cc1cc(N(CCC#N)C(=O)COC(=O)CNC(=O)c2ccccc2F)ccc1Cl. The molecule has 0 saturated heterocycles. The number of rotatable bonds is 8. The fourth-order valence-electron chi connectivity index (χ4n) is 2.52. The number of nitriles is 1. The third-order valence-electron chi connectivity index (χ3n) is 4.07. The van der Waals surface area contributed by atoms with E-state index in [1.165, 1.54) is 23.1 Å². The van der Waals surface area contributed by atoms with Crippen molar-refractivity contribution in [3.05, 3.63) is 64.4 Å². The Balaban J connectivity index is 1.93. The Bertz CT molecular complexity index is 990. The minimum Gasteiger partial charge on any atom is -0.454 e. The minimum absolute atomic E-state index is 0.0834. The second-order valence-electron chi connectivity index (χ2n) is 6.21. The smallest absolute Gasteiger partial charge is 0.325 e. The summed E-state index contributed by atoms with van der Waals surface area (Å²) < 4.78 is 18.5. The second-order valence-corrected chi connectivity index (χ2v) is 6.62. The van der Waals surface area contributed by atoms with E-state index in [0.717, 1.165) is 11.6 Å². The topological polar surface area (TPSA) is 99.5 Å². The number of aryl methyl sites for hydroxylation is 1. The number of carbonyl (C=O) groups excluding carboxylic acids is 3.